The van der Waals surface area contributed by atoms with Gasteiger partial charge in [0.05, 0.1) is 13.0 Å². The Morgan fingerprint density at radius 3 is 2.00 bits per heavy atom. The molecule has 34 heavy (non-hydrogen) atoms. The third-order valence-corrected chi connectivity index (χ3v) is 5.18. The Kier molecular flexibility index (Phi) is 9.57. The van der Waals surface area contributed by atoms with Crippen LogP contribution in [0.15, 0.2) is 18.2 Å². The maximum Gasteiger partial charge on any atom is 0.312 e. The molecule has 0 spiro atoms. The van der Waals surface area contributed by atoms with Gasteiger partial charge in [-0.2, -0.15) is 0 Å². The molecule has 10 nitrogen and oxygen atoms in total. The number of ether oxygens (including phenoxy) is 5. The molecule has 1 aliphatic rings. The molecule has 1 aromatic carbocycles. The van der Waals surface area contributed by atoms with Crippen LogP contribution >= 0.6 is 0 Å². The number of hydrogen-bond donors (Lipinski definition) is 1. The molecule has 188 valence electrons. The second-order valence-corrected chi connectivity index (χ2v) is 8.47. The van der Waals surface area contributed by atoms with Crippen LogP contribution < -0.4 is 0 Å². The van der Waals surface area contributed by atoms with E-state index in [2.05, 4.69) is 0 Å². The Morgan fingerprint density at radius 2 is 1.47 bits per heavy atom. The van der Waals surface area contributed by atoms with Crippen LogP contribution in [-0.2, 0) is 49.3 Å². The van der Waals surface area contributed by atoms with E-state index in [1.54, 1.807) is 0 Å². The molecule has 0 aliphatic carbocycles. The van der Waals surface area contributed by atoms with E-state index in [1.165, 1.54) is 0 Å². The summed E-state index contributed by atoms with van der Waals surface area (Å²) < 4.78 is 26.9. The van der Waals surface area contributed by atoms with E-state index in [4.69, 9.17) is 23.7 Å². The Morgan fingerprint density at radius 1 is 0.912 bits per heavy atom. The van der Waals surface area contributed by atoms with Gasteiger partial charge in [-0.15, -0.1) is 0 Å². The van der Waals surface area contributed by atoms with Gasteiger partial charge in [0.2, 0.25) is 12.4 Å². The van der Waals surface area contributed by atoms with Crippen LogP contribution in [0.1, 0.15) is 57.2 Å². The first-order valence-corrected chi connectivity index (χ1v) is 11.0. The van der Waals surface area contributed by atoms with Gasteiger partial charge in [-0.1, -0.05) is 37.6 Å². The number of aryl methyl sites for hydroxylation is 1. The summed E-state index contributed by atoms with van der Waals surface area (Å²) in [5, 5.41) is 9.80. The first-order chi connectivity index (χ1) is 15.9. The van der Waals surface area contributed by atoms with Crippen molar-refractivity contribution in [3.05, 3.63) is 34.9 Å². The highest BCUT2D eigenvalue weighted by molar-refractivity contribution is 5.74. The largest absolute Gasteiger partial charge is 0.456 e. The van der Waals surface area contributed by atoms with Crippen LogP contribution in [-0.4, -0.2) is 66.3 Å². The van der Waals surface area contributed by atoms with Crippen LogP contribution in [0.4, 0.5) is 0 Å². The van der Waals surface area contributed by atoms with Crippen LogP contribution in [0.5, 0.6) is 0 Å². The molecule has 1 aliphatic heterocycles. The molecule has 0 radical (unpaired) electrons. The topological polar surface area (TPSA) is 135 Å². The van der Waals surface area contributed by atoms with Crippen molar-refractivity contribution < 1.29 is 48.0 Å². The predicted octanol–water partition coefficient (Wildman–Crippen LogP) is 1.72. The van der Waals surface area contributed by atoms with Crippen molar-refractivity contribution >= 4 is 23.9 Å². The SMILES string of the molecule is CC(=O)O[C@H]1[C@H](OC(C)=O)[C@@H](OC(C)=O)C(OC(=O)Cc2cc(C)ccc2C(C)C)O[C@@H]1CO. The molecule has 0 amide bonds. The van der Waals surface area contributed by atoms with E-state index in [0.717, 1.165) is 37.5 Å². The summed E-state index contributed by atoms with van der Waals surface area (Å²) in [6, 6.07) is 5.79. The zero-order chi connectivity index (χ0) is 25.6. The van der Waals surface area contributed by atoms with Gasteiger partial charge in [0.1, 0.15) is 6.10 Å². The highest BCUT2D eigenvalue weighted by Gasteiger charge is 2.53. The summed E-state index contributed by atoms with van der Waals surface area (Å²) >= 11 is 0. The zero-order valence-corrected chi connectivity index (χ0v) is 20.2. The molecule has 1 N–H and O–H groups in total. The highest BCUT2D eigenvalue weighted by atomic mass is 16.7. The second kappa shape index (κ2) is 11.9. The third-order valence-electron chi connectivity index (χ3n) is 5.18. The molecule has 1 aromatic rings. The fraction of sp³-hybridized carbons (Fsp3) is 0.583. The first kappa shape index (κ1) is 27.3. The Balaban J connectivity index is 2.35. The molecular formula is C24H32O10. The summed E-state index contributed by atoms with van der Waals surface area (Å²) in [6.07, 6.45) is -6.91. The van der Waals surface area contributed by atoms with Gasteiger partial charge in [-0.3, -0.25) is 19.2 Å². The molecule has 1 heterocycles. The quantitative estimate of drug-likeness (QED) is 0.433. The number of benzene rings is 1. The van der Waals surface area contributed by atoms with Gasteiger partial charge < -0.3 is 28.8 Å². The molecule has 2 rings (SSSR count). The van der Waals surface area contributed by atoms with Gasteiger partial charge >= 0.3 is 23.9 Å². The monoisotopic (exact) mass is 480 g/mol. The summed E-state index contributed by atoms with van der Waals surface area (Å²) in [4.78, 5) is 48.0. The highest BCUT2D eigenvalue weighted by Crippen LogP contribution is 2.30. The smallest absolute Gasteiger partial charge is 0.312 e. The molecular weight excluding hydrogens is 448 g/mol. The zero-order valence-electron chi connectivity index (χ0n) is 20.2. The van der Waals surface area contributed by atoms with E-state index in [-0.39, 0.29) is 12.3 Å². The van der Waals surface area contributed by atoms with Gasteiger partial charge in [0.15, 0.2) is 12.2 Å². The maximum absolute atomic E-state index is 12.9. The van der Waals surface area contributed by atoms with Crippen LogP contribution in [0, 0.1) is 6.92 Å². The lowest BCUT2D eigenvalue weighted by Crippen LogP contribution is -2.63. The van der Waals surface area contributed by atoms with Crippen molar-refractivity contribution in [2.24, 2.45) is 0 Å². The number of carbonyl (C=O) groups is 4. The summed E-state index contributed by atoms with van der Waals surface area (Å²) in [5.41, 5.74) is 2.72. The van der Waals surface area contributed by atoms with Gasteiger partial charge in [0.25, 0.3) is 0 Å². The molecule has 0 saturated carbocycles. The summed E-state index contributed by atoms with van der Waals surface area (Å²) in [6.45, 7) is 8.63. The van der Waals surface area contributed by atoms with Gasteiger partial charge in [0, 0.05) is 20.8 Å². The van der Waals surface area contributed by atoms with E-state index in [0.29, 0.717) is 0 Å². The lowest BCUT2D eigenvalue weighted by molar-refractivity contribution is -0.300. The molecule has 1 fully saturated rings. The number of aliphatic hydroxyl groups excluding tert-OH is 1. The lowest BCUT2D eigenvalue weighted by Gasteiger charge is -2.43. The Hall–Kier alpha value is -2.98. The molecule has 10 heteroatoms. The molecule has 0 bridgehead atoms. The molecule has 1 unspecified atom stereocenters. The van der Waals surface area contributed by atoms with Crippen LogP contribution in [0.3, 0.4) is 0 Å². The first-order valence-electron chi connectivity index (χ1n) is 11.0. The average Bonchev–Trinajstić information content (AvgIpc) is 2.70. The minimum Gasteiger partial charge on any atom is -0.456 e. The van der Waals surface area contributed by atoms with Crippen molar-refractivity contribution in [2.75, 3.05) is 6.61 Å². The lowest BCUT2D eigenvalue weighted by atomic mass is 9.94. The van der Waals surface area contributed by atoms with Crippen LogP contribution in [0.2, 0.25) is 0 Å². The predicted molar refractivity (Wildman–Crippen MR) is 117 cm³/mol. The van der Waals surface area contributed by atoms with E-state index < -0.39 is 61.2 Å². The molecule has 5 atom stereocenters. The minimum absolute atomic E-state index is 0.0861. The number of esters is 4. The Labute approximate surface area is 198 Å². The standard InChI is InChI=1S/C24H32O10/c1-12(2)18-8-7-13(3)9-17(18)10-20(29)34-24-23(32-16(6)28)22(31-15(5)27)21(30-14(4)26)19(11-25)33-24/h7-9,12,19,21-25H,10-11H2,1-6H3/t19-,21-,22+,23-,24?/m1/s1. The Bertz CT molecular complexity index is 909. The van der Waals surface area contributed by atoms with E-state index >= 15 is 0 Å². The third kappa shape index (κ3) is 7.26. The maximum atomic E-state index is 12.9. The summed E-state index contributed by atoms with van der Waals surface area (Å²) in [5.74, 6) is -2.78. The van der Waals surface area contributed by atoms with Crippen molar-refractivity contribution in [3.8, 4) is 0 Å². The normalized spacial score (nSPS) is 24.3. The molecule has 0 aromatic heterocycles. The fourth-order valence-electron chi connectivity index (χ4n) is 3.87. The number of rotatable bonds is 8. The average molecular weight is 481 g/mol. The minimum atomic E-state index is -1.52. The van der Waals surface area contributed by atoms with Crippen molar-refractivity contribution in [3.63, 3.8) is 0 Å². The molecule has 1 saturated heterocycles. The number of carbonyl (C=O) groups excluding carboxylic acids is 4. The van der Waals surface area contributed by atoms with E-state index in [1.807, 2.05) is 39.0 Å². The second-order valence-electron chi connectivity index (χ2n) is 8.47. The van der Waals surface area contributed by atoms with Crippen molar-refractivity contribution in [1.29, 1.82) is 0 Å². The number of aliphatic hydroxyl groups is 1. The van der Waals surface area contributed by atoms with Crippen molar-refractivity contribution in [2.45, 2.75) is 84.6 Å². The summed E-state index contributed by atoms with van der Waals surface area (Å²) in [7, 11) is 0. The van der Waals surface area contributed by atoms with Crippen molar-refractivity contribution in [1.82, 2.24) is 0 Å². The fourth-order valence-corrected chi connectivity index (χ4v) is 3.87. The van der Waals surface area contributed by atoms with Crippen LogP contribution in [0.25, 0.3) is 0 Å². The number of hydrogen-bond acceptors (Lipinski definition) is 10. The van der Waals surface area contributed by atoms with E-state index in [9.17, 15) is 24.3 Å². The van der Waals surface area contributed by atoms with Gasteiger partial charge in [-0.05, 0) is 24.0 Å². The van der Waals surface area contributed by atoms with Gasteiger partial charge in [-0.25, -0.2) is 0 Å².